The molecule has 20 heavy (non-hydrogen) atoms. The van der Waals surface area contributed by atoms with Gasteiger partial charge in [0.1, 0.15) is 6.42 Å². The minimum Gasteiger partial charge on any atom is -0.466 e. The lowest BCUT2D eigenvalue weighted by atomic mass is 9.93. The van der Waals surface area contributed by atoms with Gasteiger partial charge in [0.2, 0.25) is 5.91 Å². The third kappa shape index (κ3) is 4.68. The molecule has 0 heterocycles. The van der Waals surface area contributed by atoms with Crippen molar-refractivity contribution < 1.29 is 14.3 Å². The first kappa shape index (κ1) is 16.2. The van der Waals surface area contributed by atoms with E-state index in [0.29, 0.717) is 6.61 Å². The highest BCUT2D eigenvalue weighted by Crippen LogP contribution is 2.20. The molecule has 110 valence electrons. The van der Waals surface area contributed by atoms with E-state index in [0.717, 1.165) is 12.0 Å². The molecular weight excluding hydrogens is 254 g/mol. The zero-order valence-corrected chi connectivity index (χ0v) is 12.7. The smallest absolute Gasteiger partial charge is 0.315 e. The molecule has 0 aliphatic heterocycles. The summed E-state index contributed by atoms with van der Waals surface area (Å²) in [5, 5.41) is 0. The van der Waals surface area contributed by atoms with Crippen molar-refractivity contribution in [3.8, 4) is 0 Å². The molecule has 0 aromatic heterocycles. The van der Waals surface area contributed by atoms with Gasteiger partial charge in [0.05, 0.1) is 6.61 Å². The summed E-state index contributed by atoms with van der Waals surface area (Å²) in [6, 6.07) is 9.99. The molecule has 0 N–H and O–H groups in total. The number of esters is 1. The maximum atomic E-state index is 12.1. The van der Waals surface area contributed by atoms with Crippen molar-refractivity contribution in [2.45, 2.75) is 39.2 Å². The quantitative estimate of drug-likeness (QED) is 0.592. The van der Waals surface area contributed by atoms with E-state index in [9.17, 15) is 9.59 Å². The number of benzene rings is 1. The van der Waals surface area contributed by atoms with Crippen LogP contribution >= 0.6 is 0 Å². The fourth-order valence-electron chi connectivity index (χ4n) is 2.01. The first-order valence-electron chi connectivity index (χ1n) is 6.83. The van der Waals surface area contributed by atoms with Crippen molar-refractivity contribution in [3.05, 3.63) is 35.9 Å². The van der Waals surface area contributed by atoms with Gasteiger partial charge in [0.25, 0.3) is 0 Å². The summed E-state index contributed by atoms with van der Waals surface area (Å²) in [4.78, 5) is 25.1. The van der Waals surface area contributed by atoms with Crippen molar-refractivity contribution in [2.75, 3.05) is 13.7 Å². The number of carbonyl (C=O) groups excluding carboxylic acids is 2. The van der Waals surface area contributed by atoms with E-state index < -0.39 is 5.97 Å². The van der Waals surface area contributed by atoms with Gasteiger partial charge in [-0.1, -0.05) is 30.3 Å². The Bertz CT molecular complexity index is 454. The summed E-state index contributed by atoms with van der Waals surface area (Å²) in [7, 11) is 1.73. The van der Waals surface area contributed by atoms with Crippen LogP contribution in [0.1, 0.15) is 32.8 Å². The second kappa shape index (κ2) is 7.08. The Balaban J connectivity index is 2.66. The van der Waals surface area contributed by atoms with Crippen molar-refractivity contribution in [1.82, 2.24) is 4.90 Å². The minimum atomic E-state index is -0.472. The van der Waals surface area contributed by atoms with Crippen molar-refractivity contribution >= 4 is 11.9 Å². The van der Waals surface area contributed by atoms with Gasteiger partial charge < -0.3 is 9.64 Å². The summed E-state index contributed by atoms with van der Waals surface area (Å²) in [6.45, 7) is 6.00. The predicted octanol–water partition coefficient (Wildman–Crippen LogP) is 2.42. The lowest BCUT2D eigenvalue weighted by Crippen LogP contribution is -2.47. The summed E-state index contributed by atoms with van der Waals surface area (Å²) >= 11 is 0. The highest BCUT2D eigenvalue weighted by Gasteiger charge is 2.29. The summed E-state index contributed by atoms with van der Waals surface area (Å²) in [5.74, 6) is -0.691. The molecule has 0 aliphatic rings. The van der Waals surface area contributed by atoms with Gasteiger partial charge >= 0.3 is 5.97 Å². The lowest BCUT2D eigenvalue weighted by Gasteiger charge is -2.36. The molecule has 1 amide bonds. The van der Waals surface area contributed by atoms with Crippen LogP contribution in [0, 0.1) is 0 Å². The molecule has 1 aromatic carbocycles. The first-order chi connectivity index (χ1) is 9.36. The Hall–Kier alpha value is -1.84. The Morgan fingerprint density at radius 1 is 1.20 bits per heavy atom. The van der Waals surface area contributed by atoms with E-state index in [1.54, 1.807) is 18.9 Å². The molecule has 4 nitrogen and oxygen atoms in total. The summed E-state index contributed by atoms with van der Waals surface area (Å²) in [6.07, 6.45) is 0.529. The third-order valence-electron chi connectivity index (χ3n) is 3.36. The predicted molar refractivity (Wildman–Crippen MR) is 78.2 cm³/mol. The highest BCUT2D eigenvalue weighted by molar-refractivity contribution is 5.94. The fourth-order valence-corrected chi connectivity index (χ4v) is 2.01. The topological polar surface area (TPSA) is 46.6 Å². The fraction of sp³-hybridized carbons (Fsp3) is 0.500. The maximum absolute atomic E-state index is 12.1. The monoisotopic (exact) mass is 277 g/mol. The normalized spacial score (nSPS) is 11.0. The average molecular weight is 277 g/mol. The minimum absolute atomic E-state index is 0.206. The van der Waals surface area contributed by atoms with Crippen LogP contribution in [0.5, 0.6) is 0 Å². The zero-order valence-electron chi connectivity index (χ0n) is 12.7. The standard InChI is InChI=1S/C16H23NO3/c1-5-20-15(19)11-14(18)17(4)16(2,3)12-13-9-7-6-8-10-13/h6-10H,5,11-12H2,1-4H3. The van der Waals surface area contributed by atoms with Crippen LogP contribution in [-0.2, 0) is 20.7 Å². The number of carbonyl (C=O) groups is 2. The van der Waals surface area contributed by atoms with Crippen LogP contribution in [0.25, 0.3) is 0 Å². The van der Waals surface area contributed by atoms with Crippen LogP contribution in [0.2, 0.25) is 0 Å². The summed E-state index contributed by atoms with van der Waals surface area (Å²) < 4.78 is 4.81. The van der Waals surface area contributed by atoms with Crippen molar-refractivity contribution in [2.24, 2.45) is 0 Å². The van der Waals surface area contributed by atoms with E-state index in [1.807, 2.05) is 44.2 Å². The molecule has 0 saturated carbocycles. The largest absolute Gasteiger partial charge is 0.466 e. The molecule has 4 heteroatoms. The molecule has 0 unspecified atom stereocenters. The number of likely N-dealkylation sites (N-methyl/N-ethyl adjacent to an activating group) is 1. The molecule has 0 spiro atoms. The van der Waals surface area contributed by atoms with Crippen LogP contribution in [-0.4, -0.2) is 36.0 Å². The molecule has 0 radical (unpaired) electrons. The van der Waals surface area contributed by atoms with E-state index in [1.165, 1.54) is 0 Å². The Morgan fingerprint density at radius 2 is 1.80 bits per heavy atom. The van der Waals surface area contributed by atoms with E-state index in [2.05, 4.69) is 0 Å². The van der Waals surface area contributed by atoms with Crippen LogP contribution in [0.3, 0.4) is 0 Å². The number of nitrogens with zero attached hydrogens (tertiary/aromatic N) is 1. The molecular formula is C16H23NO3. The van der Waals surface area contributed by atoms with Crippen molar-refractivity contribution in [1.29, 1.82) is 0 Å². The molecule has 0 atom stereocenters. The van der Waals surface area contributed by atoms with E-state index in [-0.39, 0.29) is 17.9 Å². The number of hydrogen-bond donors (Lipinski definition) is 0. The Labute approximate surface area is 120 Å². The van der Waals surface area contributed by atoms with Gasteiger partial charge in [-0.25, -0.2) is 0 Å². The summed E-state index contributed by atoms with van der Waals surface area (Å²) in [5.41, 5.74) is 0.804. The van der Waals surface area contributed by atoms with Crippen LogP contribution < -0.4 is 0 Å². The van der Waals surface area contributed by atoms with E-state index >= 15 is 0 Å². The van der Waals surface area contributed by atoms with Gasteiger partial charge in [-0.3, -0.25) is 9.59 Å². The zero-order chi connectivity index (χ0) is 15.2. The van der Waals surface area contributed by atoms with Crippen molar-refractivity contribution in [3.63, 3.8) is 0 Å². The van der Waals surface area contributed by atoms with Gasteiger partial charge in [0.15, 0.2) is 0 Å². The van der Waals surface area contributed by atoms with Crippen LogP contribution in [0.4, 0.5) is 0 Å². The SMILES string of the molecule is CCOC(=O)CC(=O)N(C)C(C)(C)Cc1ccccc1. The van der Waals surface area contributed by atoms with Gasteiger partial charge in [-0.2, -0.15) is 0 Å². The molecule has 0 aliphatic carbocycles. The third-order valence-corrected chi connectivity index (χ3v) is 3.36. The maximum Gasteiger partial charge on any atom is 0.315 e. The highest BCUT2D eigenvalue weighted by atomic mass is 16.5. The van der Waals surface area contributed by atoms with Crippen LogP contribution in [0.15, 0.2) is 30.3 Å². The van der Waals surface area contributed by atoms with Gasteiger partial charge in [-0.15, -0.1) is 0 Å². The number of ether oxygens (including phenoxy) is 1. The van der Waals surface area contributed by atoms with Gasteiger partial charge in [0, 0.05) is 12.6 Å². The van der Waals surface area contributed by atoms with Gasteiger partial charge in [-0.05, 0) is 32.8 Å². The molecule has 0 fully saturated rings. The average Bonchev–Trinajstić information content (AvgIpc) is 2.38. The number of hydrogen-bond acceptors (Lipinski definition) is 3. The lowest BCUT2D eigenvalue weighted by molar-refractivity contribution is -0.149. The molecule has 0 saturated heterocycles. The number of amides is 1. The molecule has 1 rings (SSSR count). The molecule has 0 bridgehead atoms. The number of rotatable bonds is 6. The first-order valence-corrected chi connectivity index (χ1v) is 6.83. The second-order valence-electron chi connectivity index (χ2n) is 5.41. The van der Waals surface area contributed by atoms with E-state index in [4.69, 9.17) is 4.74 Å². The second-order valence-corrected chi connectivity index (χ2v) is 5.41. The Morgan fingerprint density at radius 3 is 2.35 bits per heavy atom. The Kier molecular flexibility index (Phi) is 5.74. The molecule has 1 aromatic rings.